The van der Waals surface area contributed by atoms with Crippen molar-refractivity contribution in [3.63, 3.8) is 0 Å². The molecule has 2 N–H and O–H groups in total. The van der Waals surface area contributed by atoms with E-state index in [1.807, 2.05) is 0 Å². The highest BCUT2D eigenvalue weighted by atomic mass is 79.9. The van der Waals surface area contributed by atoms with Crippen LogP contribution in [0.4, 0.5) is 0 Å². The SMILES string of the molecule is COc1ccc(C(=O)[C@@H](C)Br)cc1S(N)(=O)=O. The minimum Gasteiger partial charge on any atom is -0.495 e. The van der Waals surface area contributed by atoms with Crippen LogP contribution < -0.4 is 9.88 Å². The minimum atomic E-state index is -3.92. The lowest BCUT2D eigenvalue weighted by atomic mass is 10.1. The lowest BCUT2D eigenvalue weighted by Crippen LogP contribution is -2.16. The Bertz CT molecular complexity index is 539. The smallest absolute Gasteiger partial charge is 0.241 e. The first kappa shape index (κ1) is 14.1. The summed E-state index contributed by atoms with van der Waals surface area (Å²) in [5.74, 6) is -0.108. The number of carbonyl (C=O) groups is 1. The lowest BCUT2D eigenvalue weighted by molar-refractivity contribution is 0.0995. The van der Waals surface area contributed by atoms with Crippen molar-refractivity contribution in [3.8, 4) is 5.75 Å². The van der Waals surface area contributed by atoms with Crippen LogP contribution in [0, 0.1) is 0 Å². The minimum absolute atomic E-state index is 0.117. The molecule has 5 nitrogen and oxygen atoms in total. The summed E-state index contributed by atoms with van der Waals surface area (Å²) in [6, 6.07) is 4.12. The van der Waals surface area contributed by atoms with Crippen molar-refractivity contribution in [2.75, 3.05) is 7.11 Å². The van der Waals surface area contributed by atoms with Gasteiger partial charge in [0.1, 0.15) is 10.6 Å². The second kappa shape index (κ2) is 5.16. The van der Waals surface area contributed by atoms with Gasteiger partial charge in [0.05, 0.1) is 11.9 Å². The molecule has 0 bridgehead atoms. The number of ketones is 1. The van der Waals surface area contributed by atoms with Gasteiger partial charge < -0.3 is 4.74 Å². The maximum absolute atomic E-state index is 11.7. The highest BCUT2D eigenvalue weighted by molar-refractivity contribution is 9.10. The molecule has 1 rings (SSSR count). The number of benzene rings is 1. The Morgan fingerprint density at radius 3 is 2.47 bits per heavy atom. The third-order valence-electron chi connectivity index (χ3n) is 2.12. The normalized spacial score (nSPS) is 13.2. The van der Waals surface area contributed by atoms with Gasteiger partial charge in [0.25, 0.3) is 0 Å². The summed E-state index contributed by atoms with van der Waals surface area (Å²) in [6.45, 7) is 1.66. The van der Waals surface area contributed by atoms with Crippen molar-refractivity contribution < 1.29 is 17.9 Å². The molecule has 0 aliphatic rings. The van der Waals surface area contributed by atoms with E-state index in [9.17, 15) is 13.2 Å². The summed E-state index contributed by atoms with van der Waals surface area (Å²) in [5, 5.41) is 5.05. The summed E-state index contributed by atoms with van der Waals surface area (Å²) >= 11 is 3.13. The van der Waals surface area contributed by atoms with Gasteiger partial charge in [-0.2, -0.15) is 0 Å². The van der Waals surface area contributed by atoms with E-state index in [-0.39, 0.29) is 22.0 Å². The first-order chi connectivity index (χ1) is 7.77. The standard InChI is InChI=1S/C10H12BrNO4S/c1-6(11)10(13)7-3-4-8(16-2)9(5-7)17(12,14)15/h3-6H,1-2H3,(H2,12,14,15)/t6-/m1/s1. The van der Waals surface area contributed by atoms with Crippen LogP contribution in [0.25, 0.3) is 0 Å². The van der Waals surface area contributed by atoms with E-state index in [0.29, 0.717) is 0 Å². The first-order valence-electron chi connectivity index (χ1n) is 4.66. The van der Waals surface area contributed by atoms with Gasteiger partial charge in [-0.05, 0) is 25.1 Å². The van der Waals surface area contributed by atoms with E-state index >= 15 is 0 Å². The van der Waals surface area contributed by atoms with Gasteiger partial charge in [0, 0.05) is 5.56 Å². The number of alkyl halides is 1. The van der Waals surface area contributed by atoms with Crippen molar-refractivity contribution in [2.24, 2.45) is 5.14 Å². The molecule has 0 unspecified atom stereocenters. The number of ether oxygens (including phenoxy) is 1. The zero-order chi connectivity index (χ0) is 13.2. The highest BCUT2D eigenvalue weighted by Gasteiger charge is 2.19. The fraction of sp³-hybridized carbons (Fsp3) is 0.300. The predicted octanol–water partition coefficient (Wildman–Crippen LogP) is 1.31. The molecular weight excluding hydrogens is 310 g/mol. The summed E-state index contributed by atoms with van der Waals surface area (Å²) < 4.78 is 27.5. The van der Waals surface area contributed by atoms with Gasteiger partial charge in [-0.15, -0.1) is 0 Å². The van der Waals surface area contributed by atoms with Gasteiger partial charge in [-0.1, -0.05) is 15.9 Å². The fourth-order valence-electron chi connectivity index (χ4n) is 1.28. The summed E-state index contributed by atoms with van der Waals surface area (Å²) in [7, 11) is -2.59. The number of Topliss-reactive ketones (excluding diaryl/α,β-unsaturated/α-hetero) is 1. The topological polar surface area (TPSA) is 86.5 Å². The number of nitrogens with two attached hydrogens (primary N) is 1. The van der Waals surface area contributed by atoms with E-state index in [0.717, 1.165) is 0 Å². The molecule has 94 valence electrons. The summed E-state index contributed by atoms with van der Waals surface area (Å²) in [4.78, 5) is 11.1. The van der Waals surface area contributed by atoms with Gasteiger partial charge >= 0.3 is 0 Å². The van der Waals surface area contributed by atoms with Gasteiger partial charge in [0.2, 0.25) is 10.0 Å². The average Bonchev–Trinajstić information content (AvgIpc) is 2.25. The van der Waals surface area contributed by atoms with Crippen LogP contribution in [0.3, 0.4) is 0 Å². The van der Waals surface area contributed by atoms with E-state index in [4.69, 9.17) is 9.88 Å². The third kappa shape index (κ3) is 3.27. The third-order valence-corrected chi connectivity index (χ3v) is 3.46. The maximum atomic E-state index is 11.7. The van der Waals surface area contributed by atoms with Crippen molar-refractivity contribution in [1.82, 2.24) is 0 Å². The number of hydrogen-bond donors (Lipinski definition) is 1. The zero-order valence-corrected chi connectivity index (χ0v) is 11.7. The van der Waals surface area contributed by atoms with E-state index < -0.39 is 14.9 Å². The summed E-state index contributed by atoms with van der Waals surface area (Å²) in [5.41, 5.74) is 0.263. The van der Waals surface area contributed by atoms with Crippen LogP contribution in [-0.4, -0.2) is 26.1 Å². The number of sulfonamides is 1. The van der Waals surface area contributed by atoms with Gasteiger partial charge in [-0.25, -0.2) is 13.6 Å². The highest BCUT2D eigenvalue weighted by Crippen LogP contribution is 2.24. The molecule has 1 aromatic carbocycles. The van der Waals surface area contributed by atoms with E-state index in [1.165, 1.54) is 25.3 Å². The lowest BCUT2D eigenvalue weighted by Gasteiger charge is -2.09. The molecule has 0 radical (unpaired) electrons. The molecule has 0 saturated heterocycles. The molecule has 0 aliphatic carbocycles. The number of rotatable bonds is 4. The molecule has 0 aromatic heterocycles. The van der Waals surface area contributed by atoms with E-state index in [1.54, 1.807) is 6.92 Å². The number of methoxy groups -OCH3 is 1. The van der Waals surface area contributed by atoms with Crippen LogP contribution >= 0.6 is 15.9 Å². The van der Waals surface area contributed by atoms with Crippen LogP contribution in [0.5, 0.6) is 5.75 Å². The second-order valence-electron chi connectivity index (χ2n) is 3.39. The number of primary sulfonamides is 1. The Morgan fingerprint density at radius 2 is 2.06 bits per heavy atom. The molecule has 0 aliphatic heterocycles. The number of carbonyl (C=O) groups excluding carboxylic acids is 1. The molecular formula is C10H12BrNO4S. The molecule has 1 atom stereocenters. The average molecular weight is 322 g/mol. The largest absolute Gasteiger partial charge is 0.495 e. The van der Waals surface area contributed by atoms with Crippen LogP contribution in [-0.2, 0) is 10.0 Å². The van der Waals surface area contributed by atoms with Crippen LogP contribution in [0.1, 0.15) is 17.3 Å². The van der Waals surface area contributed by atoms with Crippen molar-refractivity contribution in [2.45, 2.75) is 16.6 Å². The molecule has 0 spiro atoms. The second-order valence-corrected chi connectivity index (χ2v) is 6.29. The Morgan fingerprint density at radius 1 is 1.47 bits per heavy atom. The van der Waals surface area contributed by atoms with Gasteiger partial charge in [0.15, 0.2) is 5.78 Å². The molecule has 0 fully saturated rings. The molecule has 0 saturated carbocycles. The predicted molar refractivity (Wildman–Crippen MR) is 67.1 cm³/mol. The monoisotopic (exact) mass is 321 g/mol. The van der Waals surface area contributed by atoms with Crippen molar-refractivity contribution in [1.29, 1.82) is 0 Å². The van der Waals surface area contributed by atoms with Crippen LogP contribution in [0.15, 0.2) is 23.1 Å². The first-order valence-corrected chi connectivity index (χ1v) is 7.12. The van der Waals surface area contributed by atoms with Crippen molar-refractivity contribution in [3.05, 3.63) is 23.8 Å². The molecule has 1 aromatic rings. The summed E-state index contributed by atoms with van der Waals surface area (Å²) in [6.07, 6.45) is 0. The molecule has 7 heteroatoms. The maximum Gasteiger partial charge on any atom is 0.241 e. The molecule has 0 heterocycles. The van der Waals surface area contributed by atoms with Crippen molar-refractivity contribution >= 4 is 31.7 Å². The van der Waals surface area contributed by atoms with E-state index in [2.05, 4.69) is 15.9 Å². The Hall–Kier alpha value is -0.920. The number of hydrogen-bond acceptors (Lipinski definition) is 4. The Labute approximate surface area is 108 Å². The quantitative estimate of drug-likeness (QED) is 0.669. The Balaban J connectivity index is 3.38. The molecule has 17 heavy (non-hydrogen) atoms. The number of halogens is 1. The molecule has 0 amide bonds. The fourth-order valence-corrected chi connectivity index (χ4v) is 2.27. The Kier molecular flexibility index (Phi) is 4.29. The zero-order valence-electron chi connectivity index (χ0n) is 9.31. The van der Waals surface area contributed by atoms with Crippen LogP contribution in [0.2, 0.25) is 0 Å². The van der Waals surface area contributed by atoms with Gasteiger partial charge in [-0.3, -0.25) is 4.79 Å².